The molecule has 3 rings (SSSR count). The lowest BCUT2D eigenvalue weighted by Gasteiger charge is -2.18. The van der Waals surface area contributed by atoms with Gasteiger partial charge in [-0.2, -0.15) is 0 Å². The maximum atomic E-state index is 13.2. The number of amides is 1. The number of nitrogens with one attached hydrogen (secondary N) is 1. The zero-order chi connectivity index (χ0) is 17.6. The first-order valence-electron chi connectivity index (χ1n) is 7.58. The van der Waals surface area contributed by atoms with Gasteiger partial charge >= 0.3 is 0 Å². The van der Waals surface area contributed by atoms with Crippen molar-refractivity contribution in [2.24, 2.45) is 0 Å². The molecule has 0 unspecified atom stereocenters. The number of halogens is 2. The average Bonchev–Trinajstić information content (AvgIpc) is 3.14. The predicted molar refractivity (Wildman–Crippen MR) is 100 cm³/mol. The monoisotopic (exact) mass is 419 g/mol. The van der Waals surface area contributed by atoms with E-state index in [0.717, 1.165) is 14.9 Å². The number of thiophene rings is 1. The van der Waals surface area contributed by atoms with Crippen LogP contribution in [0.5, 0.6) is 5.75 Å². The molecule has 0 radical (unpaired) electrons. The van der Waals surface area contributed by atoms with Gasteiger partial charge in [0.2, 0.25) is 0 Å². The summed E-state index contributed by atoms with van der Waals surface area (Å²) in [5.41, 5.74) is 0.820. The van der Waals surface area contributed by atoms with Gasteiger partial charge in [0.05, 0.1) is 6.04 Å². The van der Waals surface area contributed by atoms with Crippen LogP contribution in [0.4, 0.5) is 4.39 Å². The number of ether oxygens (including phenoxy) is 1. The molecule has 0 aliphatic heterocycles. The van der Waals surface area contributed by atoms with E-state index in [4.69, 9.17) is 4.74 Å². The van der Waals surface area contributed by atoms with Crippen molar-refractivity contribution in [1.82, 2.24) is 5.32 Å². The number of carbonyl (C=O) groups is 1. The number of hydrogen-bond donors (Lipinski definition) is 1. The molecule has 1 amide bonds. The van der Waals surface area contributed by atoms with Gasteiger partial charge in [0.1, 0.15) is 11.6 Å². The maximum Gasteiger partial charge on any atom is 0.258 e. The fourth-order valence-corrected chi connectivity index (χ4v) is 3.38. The first kappa shape index (κ1) is 17.6. The number of carbonyl (C=O) groups excluding carboxylic acids is 1. The van der Waals surface area contributed by atoms with Crippen molar-refractivity contribution in [1.29, 1.82) is 0 Å². The Morgan fingerprint density at radius 3 is 2.48 bits per heavy atom. The third-order valence-corrected chi connectivity index (χ3v) is 4.99. The minimum absolute atomic E-state index is 0.0926. The topological polar surface area (TPSA) is 38.3 Å². The molecule has 1 aromatic heterocycles. The molecule has 0 bridgehead atoms. The average molecular weight is 420 g/mol. The van der Waals surface area contributed by atoms with Crippen LogP contribution in [0.15, 0.2) is 70.5 Å². The highest BCUT2D eigenvalue weighted by atomic mass is 79.9. The first-order chi connectivity index (χ1) is 12.1. The minimum atomic E-state index is -0.332. The van der Waals surface area contributed by atoms with Crippen LogP contribution in [0, 0.1) is 5.82 Å². The molecular weight excluding hydrogens is 405 g/mol. The van der Waals surface area contributed by atoms with Gasteiger partial charge in [-0.1, -0.05) is 34.1 Å². The third kappa shape index (κ3) is 4.90. The molecule has 6 heteroatoms. The molecule has 0 aliphatic rings. The lowest BCUT2D eigenvalue weighted by molar-refractivity contribution is -0.123. The molecule has 0 aliphatic carbocycles. The van der Waals surface area contributed by atoms with Crippen LogP contribution in [-0.4, -0.2) is 12.5 Å². The highest BCUT2D eigenvalue weighted by Gasteiger charge is 2.18. The summed E-state index contributed by atoms with van der Waals surface area (Å²) in [5.74, 6) is 0.0667. The molecular formula is C19H15BrFNO2S. The first-order valence-corrected chi connectivity index (χ1v) is 9.26. The Hall–Kier alpha value is -2.18. The summed E-state index contributed by atoms with van der Waals surface area (Å²) in [4.78, 5) is 13.3. The highest BCUT2D eigenvalue weighted by Crippen LogP contribution is 2.26. The Labute approximate surface area is 157 Å². The summed E-state index contributed by atoms with van der Waals surface area (Å²) in [7, 11) is 0. The summed E-state index contributed by atoms with van der Waals surface area (Å²) < 4.78 is 19.6. The van der Waals surface area contributed by atoms with Crippen LogP contribution in [0.2, 0.25) is 0 Å². The second kappa shape index (κ2) is 8.27. The van der Waals surface area contributed by atoms with Gasteiger partial charge < -0.3 is 10.1 Å². The molecule has 3 aromatic rings. The van der Waals surface area contributed by atoms with Gasteiger partial charge in [-0.25, -0.2) is 4.39 Å². The van der Waals surface area contributed by atoms with Crippen molar-refractivity contribution in [3.05, 3.63) is 86.8 Å². The van der Waals surface area contributed by atoms with E-state index in [9.17, 15) is 9.18 Å². The second-order valence-electron chi connectivity index (χ2n) is 5.31. The molecule has 1 heterocycles. The highest BCUT2D eigenvalue weighted by molar-refractivity contribution is 9.10. The van der Waals surface area contributed by atoms with E-state index >= 15 is 0 Å². The Kier molecular flexibility index (Phi) is 5.83. The van der Waals surface area contributed by atoms with Gasteiger partial charge in [-0.05, 0) is 53.4 Å². The van der Waals surface area contributed by atoms with Crippen LogP contribution in [0.3, 0.4) is 0 Å². The lowest BCUT2D eigenvalue weighted by Crippen LogP contribution is -2.32. The number of hydrogen-bond acceptors (Lipinski definition) is 3. The van der Waals surface area contributed by atoms with Gasteiger partial charge in [-0.3, -0.25) is 4.79 Å². The molecule has 0 saturated carbocycles. The van der Waals surface area contributed by atoms with E-state index in [0.29, 0.717) is 5.75 Å². The summed E-state index contributed by atoms with van der Waals surface area (Å²) in [6, 6.07) is 16.9. The lowest BCUT2D eigenvalue weighted by atomic mass is 10.1. The second-order valence-corrected chi connectivity index (χ2v) is 7.21. The van der Waals surface area contributed by atoms with Crippen LogP contribution < -0.4 is 10.1 Å². The van der Waals surface area contributed by atoms with E-state index < -0.39 is 0 Å². The molecule has 3 nitrogen and oxygen atoms in total. The van der Waals surface area contributed by atoms with Crippen LogP contribution in [-0.2, 0) is 4.79 Å². The van der Waals surface area contributed by atoms with E-state index in [-0.39, 0.29) is 24.4 Å². The van der Waals surface area contributed by atoms with Crippen LogP contribution >= 0.6 is 27.3 Å². The Bertz CT molecular complexity index is 820. The summed E-state index contributed by atoms with van der Waals surface area (Å²) >= 11 is 4.88. The van der Waals surface area contributed by atoms with Gasteiger partial charge in [0.15, 0.2) is 6.61 Å². The van der Waals surface area contributed by atoms with Crippen molar-refractivity contribution in [3.8, 4) is 5.75 Å². The van der Waals surface area contributed by atoms with E-state index in [1.807, 2.05) is 29.6 Å². The standard InChI is InChI=1S/C19H15BrFNO2S/c20-14-5-9-16(10-6-14)24-12-18(23)22-19(17-2-1-11-25-17)13-3-7-15(21)8-4-13/h1-11,19H,12H2,(H,22,23)/t19-/m0/s1. The molecule has 128 valence electrons. The molecule has 25 heavy (non-hydrogen) atoms. The molecule has 1 atom stereocenters. The van der Waals surface area contributed by atoms with Crippen LogP contribution in [0.25, 0.3) is 0 Å². The quantitative estimate of drug-likeness (QED) is 0.614. The van der Waals surface area contributed by atoms with Crippen molar-refractivity contribution in [3.63, 3.8) is 0 Å². The van der Waals surface area contributed by atoms with Gasteiger partial charge in [0.25, 0.3) is 5.91 Å². The van der Waals surface area contributed by atoms with Crippen molar-refractivity contribution >= 4 is 33.2 Å². The fraction of sp³-hybridized carbons (Fsp3) is 0.105. The number of benzene rings is 2. The smallest absolute Gasteiger partial charge is 0.258 e. The zero-order valence-electron chi connectivity index (χ0n) is 13.1. The molecule has 2 aromatic carbocycles. The maximum absolute atomic E-state index is 13.2. The van der Waals surface area contributed by atoms with Crippen molar-refractivity contribution in [2.45, 2.75) is 6.04 Å². The summed E-state index contributed by atoms with van der Waals surface area (Å²) in [6.45, 7) is -0.0926. The van der Waals surface area contributed by atoms with Crippen molar-refractivity contribution in [2.75, 3.05) is 6.61 Å². The molecule has 0 spiro atoms. The normalized spacial score (nSPS) is 11.8. The molecule has 0 fully saturated rings. The SMILES string of the molecule is O=C(COc1ccc(Br)cc1)N[C@@H](c1ccc(F)cc1)c1cccs1. The third-order valence-electron chi connectivity index (χ3n) is 3.52. The van der Waals surface area contributed by atoms with Crippen molar-refractivity contribution < 1.29 is 13.9 Å². The Morgan fingerprint density at radius 1 is 1.12 bits per heavy atom. The largest absolute Gasteiger partial charge is 0.484 e. The molecule has 0 saturated heterocycles. The van der Waals surface area contributed by atoms with Crippen LogP contribution in [0.1, 0.15) is 16.5 Å². The summed E-state index contributed by atoms with van der Waals surface area (Å²) in [6.07, 6.45) is 0. The zero-order valence-corrected chi connectivity index (χ0v) is 15.5. The van der Waals surface area contributed by atoms with E-state index in [1.54, 1.807) is 24.3 Å². The summed E-state index contributed by atoms with van der Waals surface area (Å²) in [5, 5.41) is 4.89. The van der Waals surface area contributed by atoms with Gasteiger partial charge in [-0.15, -0.1) is 11.3 Å². The molecule has 1 N–H and O–H groups in total. The predicted octanol–water partition coefficient (Wildman–Crippen LogP) is 4.93. The fourth-order valence-electron chi connectivity index (χ4n) is 2.31. The van der Waals surface area contributed by atoms with Gasteiger partial charge in [0, 0.05) is 9.35 Å². The number of rotatable bonds is 6. The Balaban J connectivity index is 1.68. The Morgan fingerprint density at radius 2 is 1.84 bits per heavy atom. The minimum Gasteiger partial charge on any atom is -0.484 e. The van der Waals surface area contributed by atoms with E-state index in [2.05, 4.69) is 21.2 Å². The van der Waals surface area contributed by atoms with E-state index in [1.165, 1.54) is 23.5 Å².